The molecule has 0 saturated heterocycles. The Kier molecular flexibility index (Phi) is 6.44. The number of ether oxygens (including phenoxy) is 2. The fraction of sp³-hybridized carbons (Fsp3) is 0.0833. The molecule has 0 aliphatic rings. The highest BCUT2D eigenvalue weighted by molar-refractivity contribution is 6.42. The molecule has 0 N–H and O–H groups in total. The van der Waals surface area contributed by atoms with Gasteiger partial charge >= 0.3 is 5.97 Å². The zero-order valence-corrected chi connectivity index (χ0v) is 18.8. The lowest BCUT2D eigenvalue weighted by atomic mass is 10.1. The van der Waals surface area contributed by atoms with Crippen LogP contribution in [-0.2, 0) is 11.3 Å². The Balaban J connectivity index is 1.77. The second kappa shape index (κ2) is 9.44. The quantitative estimate of drug-likeness (QED) is 0.170. The van der Waals surface area contributed by atoms with Crippen molar-refractivity contribution in [1.82, 2.24) is 4.98 Å². The summed E-state index contributed by atoms with van der Waals surface area (Å²) in [6.45, 7) is -0.414. The van der Waals surface area contributed by atoms with Crippen molar-refractivity contribution in [2.45, 2.75) is 6.61 Å². The van der Waals surface area contributed by atoms with E-state index < -0.39 is 18.4 Å². The third kappa shape index (κ3) is 4.60. The molecule has 3 aromatic carbocycles. The van der Waals surface area contributed by atoms with E-state index in [2.05, 4.69) is 4.98 Å². The smallest absolute Gasteiger partial charge is 0.338 e. The van der Waals surface area contributed by atoms with Gasteiger partial charge in [0.2, 0.25) is 5.52 Å². The van der Waals surface area contributed by atoms with E-state index in [9.17, 15) is 14.8 Å². The fourth-order valence-corrected chi connectivity index (χ4v) is 3.55. The van der Waals surface area contributed by atoms with E-state index in [1.165, 1.54) is 25.3 Å². The van der Waals surface area contributed by atoms with Crippen LogP contribution >= 0.6 is 23.2 Å². The van der Waals surface area contributed by atoms with E-state index in [0.717, 1.165) is 0 Å². The minimum atomic E-state index is -0.666. The summed E-state index contributed by atoms with van der Waals surface area (Å²) < 4.78 is 10.9. The van der Waals surface area contributed by atoms with Crippen LogP contribution in [0.25, 0.3) is 11.0 Å². The molecule has 0 amide bonds. The number of fused-ring (bicyclic) bond motifs is 1. The van der Waals surface area contributed by atoms with Gasteiger partial charge in [-0.05, 0) is 24.3 Å². The van der Waals surface area contributed by atoms with Crippen molar-refractivity contribution >= 4 is 46.0 Å². The molecule has 0 radical (unpaired) electrons. The average Bonchev–Trinajstić information content (AvgIpc) is 2.84. The number of rotatable bonds is 6. The van der Waals surface area contributed by atoms with E-state index in [-0.39, 0.29) is 43.6 Å². The van der Waals surface area contributed by atoms with E-state index in [1.807, 2.05) is 0 Å². The first-order valence-electron chi connectivity index (χ1n) is 9.71. The SMILES string of the molecule is COc1cccc(C(=O)OCc2nc3cc(Cl)c(Cl)cc3[n+]([O-])c2C(=O)c2ccccc2)c1. The van der Waals surface area contributed by atoms with Crippen LogP contribution < -0.4 is 9.47 Å². The highest BCUT2D eigenvalue weighted by Gasteiger charge is 2.28. The number of benzene rings is 3. The van der Waals surface area contributed by atoms with Crippen LogP contribution in [0, 0.1) is 5.21 Å². The summed E-state index contributed by atoms with van der Waals surface area (Å²) in [5, 5.41) is 13.6. The summed E-state index contributed by atoms with van der Waals surface area (Å²) >= 11 is 12.1. The second-order valence-corrected chi connectivity index (χ2v) is 7.77. The van der Waals surface area contributed by atoms with Crippen LogP contribution in [0.3, 0.4) is 0 Å². The minimum Gasteiger partial charge on any atom is -0.618 e. The Morgan fingerprint density at radius 1 is 0.970 bits per heavy atom. The molecule has 0 aliphatic carbocycles. The molecule has 1 aromatic heterocycles. The van der Waals surface area contributed by atoms with Crippen LogP contribution in [0.15, 0.2) is 66.7 Å². The Morgan fingerprint density at radius 2 is 1.67 bits per heavy atom. The maximum atomic E-state index is 13.2. The summed E-state index contributed by atoms with van der Waals surface area (Å²) in [6, 6.07) is 17.4. The van der Waals surface area contributed by atoms with Crippen molar-refractivity contribution in [3.8, 4) is 5.75 Å². The molecule has 0 bridgehead atoms. The molecular formula is C24H16Cl2N2O5. The summed E-state index contributed by atoms with van der Waals surface area (Å²) in [5.41, 5.74) is 0.508. The number of ketones is 1. The van der Waals surface area contributed by atoms with Crippen LogP contribution in [0.4, 0.5) is 0 Å². The predicted octanol–water partition coefficient (Wildman–Crippen LogP) is 4.77. The number of nitrogens with zero attached hydrogens (tertiary/aromatic N) is 2. The molecule has 9 heteroatoms. The number of carbonyl (C=O) groups excluding carboxylic acids is 2. The Bertz CT molecular complexity index is 1380. The van der Waals surface area contributed by atoms with Gasteiger partial charge in [0, 0.05) is 11.6 Å². The topological polar surface area (TPSA) is 92.4 Å². The number of methoxy groups -OCH3 is 1. The van der Waals surface area contributed by atoms with Crippen molar-refractivity contribution in [3.63, 3.8) is 0 Å². The normalized spacial score (nSPS) is 10.8. The van der Waals surface area contributed by atoms with E-state index in [0.29, 0.717) is 10.5 Å². The summed E-state index contributed by atoms with van der Waals surface area (Å²) in [6.07, 6.45) is 0. The van der Waals surface area contributed by atoms with Gasteiger partial charge in [-0.2, -0.15) is 4.73 Å². The standard InChI is InChI=1S/C24H16Cl2N2O5/c1-32-16-9-5-8-15(10-16)24(30)33-13-20-22(23(29)14-6-3-2-4-7-14)28(31)21-12-18(26)17(25)11-19(21)27-20/h2-12H,13H2,1H3. The van der Waals surface area contributed by atoms with Gasteiger partial charge in [0.25, 0.3) is 11.5 Å². The monoisotopic (exact) mass is 482 g/mol. The molecule has 4 aromatic rings. The van der Waals surface area contributed by atoms with Crippen molar-refractivity contribution in [3.05, 3.63) is 104 Å². The van der Waals surface area contributed by atoms with Gasteiger partial charge in [-0.3, -0.25) is 4.79 Å². The summed E-state index contributed by atoms with van der Waals surface area (Å²) in [5.74, 6) is -0.754. The Labute approximate surface area is 198 Å². The highest BCUT2D eigenvalue weighted by atomic mass is 35.5. The molecule has 0 fully saturated rings. The van der Waals surface area contributed by atoms with E-state index in [4.69, 9.17) is 32.7 Å². The molecule has 0 saturated carbocycles. The third-order valence-corrected chi connectivity index (χ3v) is 5.59. The number of esters is 1. The molecule has 0 atom stereocenters. The van der Waals surface area contributed by atoms with Gasteiger partial charge in [0.1, 0.15) is 17.9 Å². The number of aromatic nitrogens is 2. The third-order valence-electron chi connectivity index (χ3n) is 4.86. The first-order chi connectivity index (χ1) is 15.9. The molecule has 4 rings (SSSR count). The molecule has 1 heterocycles. The largest absolute Gasteiger partial charge is 0.618 e. The minimum absolute atomic E-state index is 0.0130. The Morgan fingerprint density at radius 3 is 2.39 bits per heavy atom. The lowest BCUT2D eigenvalue weighted by Gasteiger charge is -2.12. The zero-order chi connectivity index (χ0) is 23.5. The second-order valence-electron chi connectivity index (χ2n) is 6.96. The maximum absolute atomic E-state index is 13.2. The van der Waals surface area contributed by atoms with Crippen molar-refractivity contribution in [2.75, 3.05) is 7.11 Å². The van der Waals surface area contributed by atoms with Crippen LogP contribution in [-0.4, -0.2) is 23.8 Å². The van der Waals surface area contributed by atoms with Crippen molar-refractivity contribution in [1.29, 1.82) is 0 Å². The lowest BCUT2D eigenvalue weighted by Crippen LogP contribution is -2.38. The molecule has 0 spiro atoms. The first kappa shape index (κ1) is 22.5. The number of halogens is 2. The molecule has 166 valence electrons. The predicted molar refractivity (Wildman–Crippen MR) is 123 cm³/mol. The Hall–Kier alpha value is -3.68. The van der Waals surface area contributed by atoms with Crippen LogP contribution in [0.1, 0.15) is 32.1 Å². The molecule has 0 unspecified atom stereocenters. The number of hydrogen-bond donors (Lipinski definition) is 0. The van der Waals surface area contributed by atoms with Crippen LogP contribution in [0.5, 0.6) is 5.75 Å². The number of hydrogen-bond acceptors (Lipinski definition) is 6. The molecule has 33 heavy (non-hydrogen) atoms. The van der Waals surface area contributed by atoms with E-state index in [1.54, 1.807) is 48.5 Å². The van der Waals surface area contributed by atoms with Crippen molar-refractivity contribution in [2.24, 2.45) is 0 Å². The summed E-state index contributed by atoms with van der Waals surface area (Å²) in [7, 11) is 1.48. The van der Waals surface area contributed by atoms with Gasteiger partial charge in [0.15, 0.2) is 5.69 Å². The van der Waals surface area contributed by atoms with Gasteiger partial charge in [-0.15, -0.1) is 0 Å². The first-order valence-corrected chi connectivity index (χ1v) is 10.5. The van der Waals surface area contributed by atoms with Gasteiger partial charge in [0.05, 0.1) is 22.7 Å². The zero-order valence-electron chi connectivity index (χ0n) is 17.2. The van der Waals surface area contributed by atoms with Crippen LogP contribution in [0.2, 0.25) is 10.0 Å². The van der Waals surface area contributed by atoms with Gasteiger partial charge in [-0.1, -0.05) is 59.6 Å². The number of carbonyl (C=O) groups is 2. The van der Waals surface area contributed by atoms with E-state index >= 15 is 0 Å². The average molecular weight is 483 g/mol. The highest BCUT2D eigenvalue weighted by Crippen LogP contribution is 2.27. The molecule has 7 nitrogen and oxygen atoms in total. The maximum Gasteiger partial charge on any atom is 0.338 e. The van der Waals surface area contributed by atoms with Gasteiger partial charge < -0.3 is 14.7 Å². The molecule has 0 aliphatic heterocycles. The van der Waals surface area contributed by atoms with Gasteiger partial charge in [-0.25, -0.2) is 9.78 Å². The van der Waals surface area contributed by atoms with Crippen molar-refractivity contribution < 1.29 is 23.8 Å². The molecular weight excluding hydrogens is 467 g/mol. The lowest BCUT2D eigenvalue weighted by molar-refractivity contribution is -0.580. The summed E-state index contributed by atoms with van der Waals surface area (Å²) in [4.78, 5) is 30.2. The fourth-order valence-electron chi connectivity index (χ4n) is 3.23.